The molecule has 1 saturated carbocycles. The molecule has 6 nitrogen and oxygen atoms in total. The Kier molecular flexibility index (Phi) is 8.64. The SMILES string of the molecule is O=C(CNC(=O)c1cccc(C(F)(F)F)c1)N[C@@H]1CCN(C2CCCC[C@@H]2OCc2ccccc2)C1. The first-order valence-corrected chi connectivity index (χ1v) is 12.4. The van der Waals surface area contributed by atoms with Crippen molar-refractivity contribution in [2.45, 2.75) is 63.1 Å². The Morgan fingerprint density at radius 1 is 1.00 bits per heavy atom. The Morgan fingerprint density at radius 2 is 1.78 bits per heavy atom. The molecular weight excluding hydrogens is 471 g/mol. The smallest absolute Gasteiger partial charge is 0.372 e. The number of nitrogens with one attached hydrogen (secondary N) is 2. The minimum atomic E-state index is -4.54. The zero-order valence-corrected chi connectivity index (χ0v) is 20.1. The number of likely N-dealkylation sites (tertiary alicyclic amines) is 1. The molecule has 1 aliphatic carbocycles. The first kappa shape index (κ1) is 26.2. The van der Waals surface area contributed by atoms with Crippen LogP contribution >= 0.6 is 0 Å². The van der Waals surface area contributed by atoms with Crippen molar-refractivity contribution in [3.63, 3.8) is 0 Å². The van der Waals surface area contributed by atoms with E-state index in [1.807, 2.05) is 18.2 Å². The molecule has 0 bridgehead atoms. The fourth-order valence-electron chi connectivity index (χ4n) is 5.05. The summed E-state index contributed by atoms with van der Waals surface area (Å²) in [5, 5.41) is 5.36. The van der Waals surface area contributed by atoms with E-state index >= 15 is 0 Å². The number of nitrogens with zero attached hydrogens (tertiary/aromatic N) is 1. The third-order valence-corrected chi connectivity index (χ3v) is 6.89. The molecule has 0 radical (unpaired) electrons. The minimum Gasteiger partial charge on any atom is -0.372 e. The highest BCUT2D eigenvalue weighted by molar-refractivity contribution is 5.96. The Hall–Kier alpha value is -2.91. The van der Waals surface area contributed by atoms with Crippen molar-refractivity contribution in [1.82, 2.24) is 15.5 Å². The molecule has 1 heterocycles. The Morgan fingerprint density at radius 3 is 2.56 bits per heavy atom. The lowest BCUT2D eigenvalue weighted by molar-refractivity contribution is -0.137. The van der Waals surface area contributed by atoms with Gasteiger partial charge >= 0.3 is 6.18 Å². The average Bonchev–Trinajstić information content (AvgIpc) is 3.34. The maximum absolute atomic E-state index is 12.9. The van der Waals surface area contributed by atoms with E-state index in [-0.39, 0.29) is 30.2 Å². The summed E-state index contributed by atoms with van der Waals surface area (Å²) >= 11 is 0. The number of halogens is 3. The Bertz CT molecular complexity index is 1030. The van der Waals surface area contributed by atoms with Crippen LogP contribution in [0.25, 0.3) is 0 Å². The van der Waals surface area contributed by atoms with Gasteiger partial charge in [0.05, 0.1) is 24.8 Å². The summed E-state index contributed by atoms with van der Waals surface area (Å²) in [5.41, 5.74) is 0.114. The number of alkyl halides is 3. The Balaban J connectivity index is 1.23. The minimum absolute atomic E-state index is 0.0420. The van der Waals surface area contributed by atoms with Gasteiger partial charge in [-0.3, -0.25) is 14.5 Å². The molecule has 0 aromatic heterocycles. The first-order valence-electron chi connectivity index (χ1n) is 12.4. The lowest BCUT2D eigenvalue weighted by Crippen LogP contribution is -2.48. The molecule has 36 heavy (non-hydrogen) atoms. The molecule has 2 N–H and O–H groups in total. The van der Waals surface area contributed by atoms with Crippen molar-refractivity contribution in [1.29, 1.82) is 0 Å². The number of carbonyl (C=O) groups excluding carboxylic acids is 2. The molecule has 2 fully saturated rings. The number of carbonyl (C=O) groups is 2. The second-order valence-electron chi connectivity index (χ2n) is 9.50. The molecule has 2 aliphatic rings. The third-order valence-electron chi connectivity index (χ3n) is 6.89. The molecule has 2 aromatic rings. The van der Waals surface area contributed by atoms with Crippen molar-refractivity contribution < 1.29 is 27.5 Å². The molecule has 2 amide bonds. The summed E-state index contributed by atoms with van der Waals surface area (Å²) < 4.78 is 44.9. The van der Waals surface area contributed by atoms with Gasteiger partial charge in [-0.25, -0.2) is 0 Å². The van der Waals surface area contributed by atoms with Gasteiger partial charge in [-0.2, -0.15) is 13.2 Å². The quantitative estimate of drug-likeness (QED) is 0.568. The van der Waals surface area contributed by atoms with Crippen LogP contribution in [0.15, 0.2) is 54.6 Å². The van der Waals surface area contributed by atoms with E-state index < -0.39 is 17.6 Å². The van der Waals surface area contributed by atoms with Gasteiger partial charge < -0.3 is 15.4 Å². The lowest BCUT2D eigenvalue weighted by Gasteiger charge is -2.38. The summed E-state index contributed by atoms with van der Waals surface area (Å²) in [7, 11) is 0. The zero-order valence-electron chi connectivity index (χ0n) is 20.1. The summed E-state index contributed by atoms with van der Waals surface area (Å²) in [6.45, 7) is 1.86. The number of hydrogen-bond donors (Lipinski definition) is 2. The van der Waals surface area contributed by atoms with Gasteiger partial charge in [-0.15, -0.1) is 0 Å². The van der Waals surface area contributed by atoms with E-state index in [0.29, 0.717) is 19.2 Å². The van der Waals surface area contributed by atoms with Crippen LogP contribution < -0.4 is 10.6 Å². The van der Waals surface area contributed by atoms with Crippen LogP contribution in [0.1, 0.15) is 53.6 Å². The van der Waals surface area contributed by atoms with Gasteiger partial charge in [-0.1, -0.05) is 49.2 Å². The van der Waals surface area contributed by atoms with Gasteiger partial charge in [-0.05, 0) is 43.0 Å². The molecule has 0 spiro atoms. The summed E-state index contributed by atoms with van der Waals surface area (Å²) in [6.07, 6.45) is 0.807. The Labute approximate surface area is 209 Å². The van der Waals surface area contributed by atoms with E-state index in [1.54, 1.807) is 0 Å². The van der Waals surface area contributed by atoms with E-state index in [4.69, 9.17) is 4.74 Å². The number of hydrogen-bond acceptors (Lipinski definition) is 4. The van der Waals surface area contributed by atoms with Gasteiger partial charge in [0.2, 0.25) is 5.91 Å². The topological polar surface area (TPSA) is 70.7 Å². The zero-order chi connectivity index (χ0) is 25.5. The largest absolute Gasteiger partial charge is 0.416 e. The van der Waals surface area contributed by atoms with Crippen molar-refractivity contribution >= 4 is 11.8 Å². The van der Waals surface area contributed by atoms with Crippen molar-refractivity contribution in [3.05, 3.63) is 71.3 Å². The molecule has 2 aromatic carbocycles. The van der Waals surface area contributed by atoms with Gasteiger partial charge in [0.1, 0.15) is 0 Å². The highest BCUT2D eigenvalue weighted by Gasteiger charge is 2.35. The maximum atomic E-state index is 12.9. The summed E-state index contributed by atoms with van der Waals surface area (Å²) in [5.74, 6) is -1.08. The fraction of sp³-hybridized carbons (Fsp3) is 0.481. The van der Waals surface area contributed by atoms with Crippen LogP contribution in [-0.4, -0.2) is 54.5 Å². The first-order chi connectivity index (χ1) is 17.3. The van der Waals surface area contributed by atoms with Crippen molar-refractivity contribution in [2.24, 2.45) is 0 Å². The van der Waals surface area contributed by atoms with Crippen LogP contribution in [0, 0.1) is 0 Å². The van der Waals surface area contributed by atoms with Gasteiger partial charge in [0.25, 0.3) is 5.91 Å². The maximum Gasteiger partial charge on any atom is 0.416 e. The lowest BCUT2D eigenvalue weighted by atomic mass is 9.91. The van der Waals surface area contributed by atoms with E-state index in [0.717, 1.165) is 56.3 Å². The van der Waals surface area contributed by atoms with Crippen molar-refractivity contribution in [2.75, 3.05) is 19.6 Å². The fourth-order valence-corrected chi connectivity index (χ4v) is 5.05. The molecule has 1 aliphatic heterocycles. The van der Waals surface area contributed by atoms with E-state index in [1.165, 1.54) is 12.1 Å². The molecule has 1 saturated heterocycles. The van der Waals surface area contributed by atoms with Crippen LogP contribution in [0.2, 0.25) is 0 Å². The van der Waals surface area contributed by atoms with Crippen LogP contribution in [0.4, 0.5) is 13.2 Å². The molecular formula is C27H32F3N3O3. The van der Waals surface area contributed by atoms with Crippen LogP contribution in [-0.2, 0) is 22.3 Å². The molecule has 3 atom stereocenters. The van der Waals surface area contributed by atoms with Crippen molar-refractivity contribution in [3.8, 4) is 0 Å². The molecule has 4 rings (SSSR count). The predicted octanol–water partition coefficient (Wildman–Crippen LogP) is 4.15. The van der Waals surface area contributed by atoms with E-state index in [9.17, 15) is 22.8 Å². The number of rotatable bonds is 8. The number of ether oxygens (including phenoxy) is 1. The second-order valence-corrected chi connectivity index (χ2v) is 9.50. The average molecular weight is 504 g/mol. The van der Waals surface area contributed by atoms with Crippen LogP contribution in [0.5, 0.6) is 0 Å². The normalized spacial score (nSPS) is 22.8. The number of amides is 2. The molecule has 1 unspecified atom stereocenters. The third kappa shape index (κ3) is 7.07. The molecule has 9 heteroatoms. The summed E-state index contributed by atoms with van der Waals surface area (Å²) in [6, 6.07) is 14.5. The monoisotopic (exact) mass is 503 g/mol. The molecule has 194 valence electrons. The standard InChI is InChI=1S/C27H32F3N3O3/c28-27(29,30)21-10-6-9-20(15-21)26(35)31-16-25(34)32-22-13-14-33(17-22)23-11-4-5-12-24(23)36-18-19-7-2-1-3-8-19/h1-3,6-10,15,22-24H,4-5,11-14,16-18H2,(H,31,35)(H,32,34)/t22-,23?,24+/m1/s1. The predicted molar refractivity (Wildman–Crippen MR) is 129 cm³/mol. The van der Waals surface area contributed by atoms with Gasteiger partial charge in [0.15, 0.2) is 0 Å². The number of benzene rings is 2. The van der Waals surface area contributed by atoms with Crippen LogP contribution in [0.3, 0.4) is 0 Å². The van der Waals surface area contributed by atoms with E-state index in [2.05, 4.69) is 27.7 Å². The second kappa shape index (κ2) is 11.9. The highest BCUT2D eigenvalue weighted by atomic mass is 19.4. The van der Waals surface area contributed by atoms with Gasteiger partial charge in [0, 0.05) is 30.7 Å². The highest BCUT2D eigenvalue weighted by Crippen LogP contribution is 2.30. The summed E-state index contributed by atoms with van der Waals surface area (Å²) in [4.78, 5) is 27.1.